The quantitative estimate of drug-likeness (QED) is 0.863. The topological polar surface area (TPSA) is 59.0 Å². The Morgan fingerprint density at radius 3 is 2.71 bits per heavy atom. The third-order valence-electron chi connectivity index (χ3n) is 3.24. The Balaban J connectivity index is 2.05. The molecule has 0 saturated heterocycles. The summed E-state index contributed by atoms with van der Waals surface area (Å²) in [7, 11) is 1.61. The van der Waals surface area contributed by atoms with E-state index in [1.54, 1.807) is 17.9 Å². The first-order valence-corrected chi connectivity index (χ1v) is 7.25. The van der Waals surface area contributed by atoms with Crippen LogP contribution in [-0.2, 0) is 11.3 Å². The maximum atomic E-state index is 11.3. The van der Waals surface area contributed by atoms with Gasteiger partial charge < -0.3 is 10.6 Å². The zero-order valence-electron chi connectivity index (χ0n) is 12.1. The lowest BCUT2D eigenvalue weighted by Gasteiger charge is -2.17. The molecule has 6 heteroatoms. The Kier molecular flexibility index (Phi) is 5.22. The van der Waals surface area contributed by atoms with Crippen molar-refractivity contribution in [2.24, 2.45) is 0 Å². The van der Waals surface area contributed by atoms with Crippen LogP contribution in [0.4, 0.5) is 5.69 Å². The Hall–Kier alpha value is -2.01. The summed E-state index contributed by atoms with van der Waals surface area (Å²) in [5, 5.41) is 10.9. The van der Waals surface area contributed by atoms with Gasteiger partial charge in [0.2, 0.25) is 5.91 Å². The second-order valence-corrected chi connectivity index (χ2v) is 5.19. The molecule has 0 aliphatic carbocycles. The van der Waals surface area contributed by atoms with E-state index in [9.17, 15) is 4.79 Å². The largest absolute Gasteiger partial charge is 0.376 e. The number of likely N-dealkylation sites (N-methyl/N-ethyl adjacent to an activating group) is 1. The standard InChI is InChI=1S/C15H19ClN4O/c1-3-14(11-4-6-12(16)7-5-11)19-13-8-18-20(9-13)10-15(21)17-2/h4-9,14,19H,3,10H2,1-2H3,(H,17,21). The summed E-state index contributed by atoms with van der Waals surface area (Å²) in [5.41, 5.74) is 2.06. The number of hydrogen-bond acceptors (Lipinski definition) is 3. The molecular formula is C15H19ClN4O. The maximum absolute atomic E-state index is 11.3. The summed E-state index contributed by atoms with van der Waals surface area (Å²) in [5.74, 6) is -0.0746. The molecule has 0 spiro atoms. The fraction of sp³-hybridized carbons (Fsp3) is 0.333. The summed E-state index contributed by atoms with van der Waals surface area (Å²) in [6.07, 6.45) is 4.48. The van der Waals surface area contributed by atoms with Crippen LogP contribution in [0.1, 0.15) is 24.9 Å². The number of amides is 1. The van der Waals surface area contributed by atoms with Gasteiger partial charge in [-0.05, 0) is 24.1 Å². The summed E-state index contributed by atoms with van der Waals surface area (Å²) in [6, 6.07) is 7.98. The van der Waals surface area contributed by atoms with E-state index >= 15 is 0 Å². The van der Waals surface area contributed by atoms with Gasteiger partial charge in [-0.25, -0.2) is 0 Å². The molecule has 112 valence electrons. The molecule has 0 aliphatic rings. The highest BCUT2D eigenvalue weighted by Gasteiger charge is 2.10. The third-order valence-corrected chi connectivity index (χ3v) is 3.49. The van der Waals surface area contributed by atoms with E-state index in [4.69, 9.17) is 11.6 Å². The molecule has 1 heterocycles. The lowest BCUT2D eigenvalue weighted by molar-refractivity contribution is -0.121. The molecular weight excluding hydrogens is 288 g/mol. The molecule has 2 aromatic rings. The van der Waals surface area contributed by atoms with Gasteiger partial charge in [-0.2, -0.15) is 5.10 Å². The van der Waals surface area contributed by atoms with Crippen molar-refractivity contribution in [2.75, 3.05) is 12.4 Å². The second kappa shape index (κ2) is 7.13. The lowest BCUT2D eigenvalue weighted by Crippen LogP contribution is -2.23. The Labute approximate surface area is 129 Å². The van der Waals surface area contributed by atoms with Crippen molar-refractivity contribution in [3.8, 4) is 0 Å². The summed E-state index contributed by atoms with van der Waals surface area (Å²) >= 11 is 5.91. The highest BCUT2D eigenvalue weighted by atomic mass is 35.5. The number of nitrogens with zero attached hydrogens (tertiary/aromatic N) is 2. The van der Waals surface area contributed by atoms with Crippen molar-refractivity contribution in [3.05, 3.63) is 47.2 Å². The molecule has 1 aromatic carbocycles. The molecule has 0 aliphatic heterocycles. The number of anilines is 1. The molecule has 0 bridgehead atoms. The van der Waals surface area contributed by atoms with Gasteiger partial charge in [0.05, 0.1) is 17.9 Å². The highest BCUT2D eigenvalue weighted by molar-refractivity contribution is 6.30. The van der Waals surface area contributed by atoms with Gasteiger partial charge >= 0.3 is 0 Å². The van der Waals surface area contributed by atoms with Crippen molar-refractivity contribution in [1.29, 1.82) is 0 Å². The zero-order chi connectivity index (χ0) is 15.2. The minimum absolute atomic E-state index is 0.0746. The van der Waals surface area contributed by atoms with Crippen LogP contribution >= 0.6 is 11.6 Å². The highest BCUT2D eigenvalue weighted by Crippen LogP contribution is 2.23. The molecule has 0 fully saturated rings. The van der Waals surface area contributed by atoms with Crippen molar-refractivity contribution >= 4 is 23.2 Å². The number of carbonyl (C=O) groups excluding carboxylic acids is 1. The van der Waals surface area contributed by atoms with Crippen LogP contribution in [0.5, 0.6) is 0 Å². The molecule has 1 atom stereocenters. The van der Waals surface area contributed by atoms with Gasteiger partial charge in [-0.1, -0.05) is 30.7 Å². The predicted molar refractivity (Wildman–Crippen MR) is 84.4 cm³/mol. The summed E-state index contributed by atoms with van der Waals surface area (Å²) in [6.45, 7) is 2.33. The van der Waals surface area contributed by atoms with Gasteiger partial charge in [0.25, 0.3) is 0 Å². The number of rotatable bonds is 6. The predicted octanol–water partition coefficient (Wildman–Crippen LogP) is 2.85. The van der Waals surface area contributed by atoms with Gasteiger partial charge in [0, 0.05) is 18.3 Å². The van der Waals surface area contributed by atoms with Gasteiger partial charge in [-0.3, -0.25) is 9.48 Å². The summed E-state index contributed by atoms with van der Waals surface area (Å²) < 4.78 is 1.61. The number of hydrogen-bond donors (Lipinski definition) is 2. The van der Waals surface area contributed by atoms with E-state index in [0.717, 1.165) is 17.1 Å². The van der Waals surface area contributed by atoms with Crippen LogP contribution in [0.15, 0.2) is 36.7 Å². The van der Waals surface area contributed by atoms with E-state index in [0.29, 0.717) is 0 Å². The smallest absolute Gasteiger partial charge is 0.241 e. The maximum Gasteiger partial charge on any atom is 0.241 e. The van der Waals surface area contributed by atoms with E-state index < -0.39 is 0 Å². The average Bonchev–Trinajstić information content (AvgIpc) is 2.93. The van der Waals surface area contributed by atoms with Crippen LogP contribution in [-0.4, -0.2) is 22.7 Å². The Morgan fingerprint density at radius 2 is 2.10 bits per heavy atom. The van der Waals surface area contributed by atoms with Crippen molar-refractivity contribution in [3.63, 3.8) is 0 Å². The molecule has 2 N–H and O–H groups in total. The minimum Gasteiger partial charge on any atom is -0.376 e. The van der Waals surface area contributed by atoms with Gasteiger partial charge in [0.15, 0.2) is 0 Å². The Morgan fingerprint density at radius 1 is 1.38 bits per heavy atom. The van der Waals surface area contributed by atoms with Crippen LogP contribution in [0.2, 0.25) is 5.02 Å². The van der Waals surface area contributed by atoms with Crippen LogP contribution < -0.4 is 10.6 Å². The number of aromatic nitrogens is 2. The second-order valence-electron chi connectivity index (χ2n) is 4.76. The van der Waals surface area contributed by atoms with Crippen molar-refractivity contribution < 1.29 is 4.79 Å². The third kappa shape index (κ3) is 4.23. The normalized spacial score (nSPS) is 12.0. The molecule has 2 rings (SSSR count). The number of benzene rings is 1. The van der Waals surface area contributed by atoms with E-state index in [1.807, 2.05) is 30.5 Å². The first kappa shape index (κ1) is 15.4. The van der Waals surface area contributed by atoms with Crippen molar-refractivity contribution in [2.45, 2.75) is 25.9 Å². The first-order valence-electron chi connectivity index (χ1n) is 6.87. The monoisotopic (exact) mass is 306 g/mol. The fourth-order valence-electron chi connectivity index (χ4n) is 2.07. The van der Waals surface area contributed by atoms with Crippen LogP contribution in [0.3, 0.4) is 0 Å². The Bertz CT molecular complexity index is 594. The lowest BCUT2D eigenvalue weighted by atomic mass is 10.0. The number of nitrogens with one attached hydrogen (secondary N) is 2. The SMILES string of the molecule is CCC(Nc1cnn(CC(=O)NC)c1)c1ccc(Cl)cc1. The molecule has 0 radical (unpaired) electrons. The molecule has 1 aromatic heterocycles. The van der Waals surface area contributed by atoms with Crippen LogP contribution in [0.25, 0.3) is 0 Å². The minimum atomic E-state index is -0.0746. The summed E-state index contributed by atoms with van der Waals surface area (Å²) in [4.78, 5) is 11.3. The first-order chi connectivity index (χ1) is 10.1. The van der Waals surface area contributed by atoms with Crippen LogP contribution in [0, 0.1) is 0 Å². The van der Waals surface area contributed by atoms with Gasteiger partial charge in [0.1, 0.15) is 6.54 Å². The fourth-order valence-corrected chi connectivity index (χ4v) is 2.19. The molecule has 5 nitrogen and oxygen atoms in total. The van der Waals surface area contributed by atoms with E-state index in [1.165, 1.54) is 5.56 Å². The zero-order valence-corrected chi connectivity index (χ0v) is 12.9. The average molecular weight is 307 g/mol. The molecule has 1 amide bonds. The molecule has 0 saturated carbocycles. The number of carbonyl (C=O) groups is 1. The molecule has 1 unspecified atom stereocenters. The van der Waals surface area contributed by atoms with Crippen molar-refractivity contribution in [1.82, 2.24) is 15.1 Å². The number of halogens is 1. The molecule has 21 heavy (non-hydrogen) atoms. The van der Waals surface area contributed by atoms with E-state index in [-0.39, 0.29) is 18.5 Å². The van der Waals surface area contributed by atoms with E-state index in [2.05, 4.69) is 22.7 Å². The van der Waals surface area contributed by atoms with Gasteiger partial charge in [-0.15, -0.1) is 0 Å².